The number of nitrogens with zero attached hydrogens (tertiary/aromatic N) is 2. The van der Waals surface area contributed by atoms with Gasteiger partial charge in [-0.2, -0.15) is 5.26 Å². The number of hydrogen-bond acceptors (Lipinski definition) is 10. The lowest BCUT2D eigenvalue weighted by Crippen LogP contribution is -2.20. The number of fused-ring (bicyclic) bond motifs is 1. The number of oxime groups is 1. The molecular formula is C20H21N3O8. The fraction of sp³-hybridized carbons (Fsp3) is 0.400. The molecule has 0 aliphatic carbocycles. The van der Waals surface area contributed by atoms with Crippen LogP contribution in [0, 0.1) is 11.3 Å². The van der Waals surface area contributed by atoms with Crippen LogP contribution in [0.3, 0.4) is 0 Å². The van der Waals surface area contributed by atoms with Crippen molar-refractivity contribution in [3.05, 3.63) is 16.7 Å². The van der Waals surface area contributed by atoms with Crippen LogP contribution >= 0.6 is 0 Å². The molecule has 0 fully saturated rings. The molecule has 0 aromatic heterocycles. The molecule has 1 aromatic rings. The number of esters is 1. The fourth-order valence-electron chi connectivity index (χ4n) is 3.31. The Morgan fingerprint density at radius 2 is 1.94 bits per heavy atom. The van der Waals surface area contributed by atoms with Gasteiger partial charge in [-0.1, -0.05) is 5.16 Å². The minimum atomic E-state index is -0.905. The molecule has 0 radical (unpaired) electrons. The summed E-state index contributed by atoms with van der Waals surface area (Å²) in [4.78, 5) is 29.0. The van der Waals surface area contributed by atoms with Crippen molar-refractivity contribution in [3.63, 3.8) is 0 Å². The Balaban J connectivity index is 2.07. The SMILES string of the molecule is CCOC(=O)C1=NO[C@H](Cc2c(/C=C(\C#N)C(N)=O)c(OC)c3c(c2OC)OCO3)C1. The van der Waals surface area contributed by atoms with Crippen molar-refractivity contribution in [1.29, 1.82) is 5.26 Å². The molecule has 0 saturated carbocycles. The number of nitrogens with two attached hydrogens (primary N) is 1. The number of methoxy groups -OCH3 is 2. The minimum absolute atomic E-state index is 0.0639. The van der Waals surface area contributed by atoms with E-state index in [9.17, 15) is 14.9 Å². The number of hydrogen-bond donors (Lipinski definition) is 1. The van der Waals surface area contributed by atoms with Gasteiger partial charge in [-0.05, 0) is 13.0 Å². The molecule has 2 aliphatic rings. The molecule has 2 aliphatic heterocycles. The Morgan fingerprint density at radius 1 is 1.26 bits per heavy atom. The molecule has 164 valence electrons. The van der Waals surface area contributed by atoms with Crippen LogP contribution < -0.4 is 24.7 Å². The lowest BCUT2D eigenvalue weighted by atomic mass is 9.94. The van der Waals surface area contributed by atoms with Crippen molar-refractivity contribution in [1.82, 2.24) is 0 Å². The summed E-state index contributed by atoms with van der Waals surface area (Å²) in [6, 6.07) is 1.77. The predicted molar refractivity (Wildman–Crippen MR) is 106 cm³/mol. The van der Waals surface area contributed by atoms with Gasteiger partial charge < -0.3 is 34.3 Å². The molecule has 2 N–H and O–H groups in total. The Bertz CT molecular complexity index is 1010. The smallest absolute Gasteiger partial charge is 0.356 e. The van der Waals surface area contributed by atoms with E-state index in [0.29, 0.717) is 22.6 Å². The highest BCUT2D eigenvalue weighted by atomic mass is 16.7. The van der Waals surface area contributed by atoms with Crippen LogP contribution in [0.5, 0.6) is 23.0 Å². The standard InChI is InChI=1S/C20H21N3O8/c1-4-28-20(25)14-7-11(31-23-14)6-13-12(5-10(8-21)19(22)24)15(26-2)17-18(16(13)27-3)30-9-29-17/h5,11H,4,6-7,9H2,1-3H3,(H2,22,24)/b10-5+/t11-/m1/s1. The molecule has 0 unspecified atom stereocenters. The average Bonchev–Trinajstić information content (AvgIpc) is 3.41. The van der Waals surface area contributed by atoms with Gasteiger partial charge in [0.1, 0.15) is 17.7 Å². The first-order valence-corrected chi connectivity index (χ1v) is 9.32. The van der Waals surface area contributed by atoms with Gasteiger partial charge in [0.2, 0.25) is 18.3 Å². The molecular weight excluding hydrogens is 410 g/mol. The largest absolute Gasteiger partial charge is 0.492 e. The summed E-state index contributed by atoms with van der Waals surface area (Å²) in [5, 5.41) is 13.1. The molecule has 1 atom stereocenters. The highest BCUT2D eigenvalue weighted by Crippen LogP contribution is 2.53. The van der Waals surface area contributed by atoms with Crippen LogP contribution in [0.1, 0.15) is 24.5 Å². The number of rotatable bonds is 8. The topological polar surface area (TPSA) is 152 Å². The van der Waals surface area contributed by atoms with Crippen molar-refractivity contribution >= 4 is 23.7 Å². The Kier molecular flexibility index (Phi) is 6.49. The summed E-state index contributed by atoms with van der Waals surface area (Å²) in [5.41, 5.74) is 6.02. The summed E-state index contributed by atoms with van der Waals surface area (Å²) < 4.78 is 27.1. The molecule has 0 spiro atoms. The molecule has 31 heavy (non-hydrogen) atoms. The van der Waals surface area contributed by atoms with E-state index >= 15 is 0 Å². The van der Waals surface area contributed by atoms with Crippen molar-refractivity contribution < 1.29 is 38.1 Å². The van der Waals surface area contributed by atoms with Gasteiger partial charge in [-0.15, -0.1) is 0 Å². The van der Waals surface area contributed by atoms with Gasteiger partial charge in [-0.3, -0.25) is 4.79 Å². The second-order valence-electron chi connectivity index (χ2n) is 6.45. The number of nitriles is 1. The second-order valence-corrected chi connectivity index (χ2v) is 6.45. The third-order valence-electron chi connectivity index (χ3n) is 4.63. The van der Waals surface area contributed by atoms with Crippen LogP contribution in [0.15, 0.2) is 10.7 Å². The monoisotopic (exact) mass is 431 g/mol. The first-order chi connectivity index (χ1) is 14.9. The van der Waals surface area contributed by atoms with Gasteiger partial charge in [0.05, 0.1) is 20.8 Å². The average molecular weight is 431 g/mol. The van der Waals surface area contributed by atoms with Crippen molar-refractivity contribution in [2.45, 2.75) is 25.9 Å². The number of ether oxygens (including phenoxy) is 5. The number of benzene rings is 1. The Morgan fingerprint density at radius 3 is 2.52 bits per heavy atom. The first-order valence-electron chi connectivity index (χ1n) is 9.32. The number of carbonyl (C=O) groups is 2. The maximum atomic E-state index is 11.9. The normalized spacial score (nSPS) is 16.8. The molecule has 0 bridgehead atoms. The third-order valence-corrected chi connectivity index (χ3v) is 4.63. The van der Waals surface area contributed by atoms with E-state index in [0.717, 1.165) is 0 Å². The van der Waals surface area contributed by atoms with Gasteiger partial charge in [-0.25, -0.2) is 4.79 Å². The predicted octanol–water partition coefficient (Wildman–Crippen LogP) is 1.08. The molecule has 0 saturated heterocycles. The van der Waals surface area contributed by atoms with Crippen LogP contribution in [0.4, 0.5) is 0 Å². The van der Waals surface area contributed by atoms with E-state index in [1.54, 1.807) is 13.0 Å². The van der Waals surface area contributed by atoms with E-state index in [-0.39, 0.29) is 49.0 Å². The van der Waals surface area contributed by atoms with Crippen molar-refractivity contribution in [2.75, 3.05) is 27.6 Å². The molecule has 11 nitrogen and oxygen atoms in total. The molecule has 3 rings (SSSR count). The van der Waals surface area contributed by atoms with Gasteiger partial charge in [0.15, 0.2) is 17.2 Å². The summed E-state index contributed by atoms with van der Waals surface area (Å²) in [6.07, 6.45) is 1.14. The maximum absolute atomic E-state index is 11.9. The number of carbonyl (C=O) groups excluding carboxylic acids is 2. The van der Waals surface area contributed by atoms with Gasteiger partial charge in [0.25, 0.3) is 5.91 Å². The van der Waals surface area contributed by atoms with Gasteiger partial charge >= 0.3 is 5.97 Å². The summed E-state index contributed by atoms with van der Waals surface area (Å²) in [5.74, 6) is -0.324. The van der Waals surface area contributed by atoms with E-state index in [4.69, 9.17) is 34.3 Å². The van der Waals surface area contributed by atoms with E-state index in [2.05, 4.69) is 5.16 Å². The minimum Gasteiger partial charge on any atom is -0.492 e. The van der Waals surface area contributed by atoms with Crippen molar-refractivity contribution in [3.8, 4) is 29.1 Å². The van der Waals surface area contributed by atoms with Crippen LogP contribution in [0.25, 0.3) is 6.08 Å². The molecule has 2 heterocycles. The van der Waals surface area contributed by atoms with Crippen LogP contribution in [-0.4, -0.2) is 51.3 Å². The van der Waals surface area contributed by atoms with Crippen molar-refractivity contribution in [2.24, 2.45) is 10.9 Å². The highest BCUT2D eigenvalue weighted by molar-refractivity contribution is 6.36. The fourth-order valence-corrected chi connectivity index (χ4v) is 3.31. The highest BCUT2D eigenvalue weighted by Gasteiger charge is 2.35. The summed E-state index contributed by atoms with van der Waals surface area (Å²) in [6.45, 7) is 1.85. The van der Waals surface area contributed by atoms with Crippen LogP contribution in [0.2, 0.25) is 0 Å². The molecule has 1 amide bonds. The zero-order valence-corrected chi connectivity index (χ0v) is 17.2. The molecule has 1 aromatic carbocycles. The summed E-state index contributed by atoms with van der Waals surface area (Å²) in [7, 11) is 2.85. The number of primary amides is 1. The van der Waals surface area contributed by atoms with E-state index < -0.39 is 18.0 Å². The third kappa shape index (κ3) is 4.18. The van der Waals surface area contributed by atoms with Gasteiger partial charge in [0, 0.05) is 24.0 Å². The zero-order chi connectivity index (χ0) is 22.5. The van der Waals surface area contributed by atoms with E-state index in [1.165, 1.54) is 20.3 Å². The molecule has 11 heteroatoms. The summed E-state index contributed by atoms with van der Waals surface area (Å²) >= 11 is 0. The maximum Gasteiger partial charge on any atom is 0.356 e. The lowest BCUT2D eigenvalue weighted by molar-refractivity contribution is -0.135. The zero-order valence-electron chi connectivity index (χ0n) is 17.2. The first kappa shape index (κ1) is 21.8. The quantitative estimate of drug-likeness (QED) is 0.362. The van der Waals surface area contributed by atoms with E-state index in [1.807, 2.05) is 0 Å². The Labute approximate surface area is 177 Å². The van der Waals surface area contributed by atoms with Crippen LogP contribution in [-0.2, 0) is 25.6 Å². The number of amides is 1. The Hall–Kier alpha value is -3.94. The second kappa shape index (κ2) is 9.25. The lowest BCUT2D eigenvalue weighted by Gasteiger charge is -2.19.